The van der Waals surface area contributed by atoms with Gasteiger partial charge in [-0.25, -0.2) is 8.42 Å². The first kappa shape index (κ1) is 14.8. The smallest absolute Gasteiger partial charge is 0.215 e. The summed E-state index contributed by atoms with van der Waals surface area (Å²) >= 11 is 0. The first-order chi connectivity index (χ1) is 11.1. The molecule has 0 N–H and O–H groups in total. The summed E-state index contributed by atoms with van der Waals surface area (Å²) in [6.45, 7) is 1.75. The Morgan fingerprint density at radius 3 is 2.78 bits per heavy atom. The minimum atomic E-state index is -3.23. The molecule has 2 aliphatic heterocycles. The van der Waals surface area contributed by atoms with Crippen LogP contribution >= 0.6 is 0 Å². The summed E-state index contributed by atoms with van der Waals surface area (Å²) < 4.78 is 28.7. The van der Waals surface area contributed by atoms with Crippen molar-refractivity contribution in [3.63, 3.8) is 0 Å². The zero-order valence-electron chi connectivity index (χ0n) is 12.9. The van der Waals surface area contributed by atoms with Gasteiger partial charge < -0.3 is 4.57 Å². The molecule has 1 saturated heterocycles. The fraction of sp³-hybridized carbons (Fsp3) is 0.500. The van der Waals surface area contributed by atoms with Gasteiger partial charge in [0.15, 0.2) is 0 Å². The topological polar surface area (TPSA) is 68.1 Å². The molecule has 0 bridgehead atoms. The maximum absolute atomic E-state index is 12.5. The van der Waals surface area contributed by atoms with Gasteiger partial charge in [0, 0.05) is 25.4 Å². The van der Waals surface area contributed by atoms with Crippen molar-refractivity contribution in [1.29, 1.82) is 0 Å². The van der Waals surface area contributed by atoms with E-state index in [1.807, 2.05) is 30.3 Å². The van der Waals surface area contributed by atoms with Crippen LogP contribution < -0.4 is 0 Å². The van der Waals surface area contributed by atoms with E-state index in [4.69, 9.17) is 0 Å². The molecule has 122 valence electrons. The first-order valence-electron chi connectivity index (χ1n) is 8.07. The number of benzene rings is 1. The highest BCUT2D eigenvalue weighted by Gasteiger charge is 2.37. The molecule has 0 unspecified atom stereocenters. The van der Waals surface area contributed by atoms with Crippen molar-refractivity contribution in [2.45, 2.75) is 38.3 Å². The minimum Gasteiger partial charge on any atom is -0.314 e. The van der Waals surface area contributed by atoms with Crippen LogP contribution in [0.3, 0.4) is 0 Å². The number of nitrogens with zero attached hydrogens (tertiary/aromatic N) is 4. The summed E-state index contributed by atoms with van der Waals surface area (Å²) in [5.41, 5.74) is 1.09. The normalized spacial score (nSPS) is 23.7. The average Bonchev–Trinajstić information content (AvgIpc) is 3.10. The number of rotatable bonds is 3. The molecular weight excluding hydrogens is 312 g/mol. The van der Waals surface area contributed by atoms with E-state index in [1.54, 1.807) is 4.31 Å². The van der Waals surface area contributed by atoms with Crippen LogP contribution in [0.2, 0.25) is 0 Å². The Kier molecular flexibility index (Phi) is 3.69. The van der Waals surface area contributed by atoms with Crippen molar-refractivity contribution in [2.75, 3.05) is 12.3 Å². The number of fused-ring (bicyclic) bond motifs is 1. The maximum atomic E-state index is 12.5. The summed E-state index contributed by atoms with van der Waals surface area (Å²) in [6.07, 6.45) is 3.18. The van der Waals surface area contributed by atoms with Crippen LogP contribution in [0.4, 0.5) is 0 Å². The molecular formula is C16H20N4O2S. The molecule has 23 heavy (non-hydrogen) atoms. The molecule has 1 aromatic heterocycles. The molecule has 3 heterocycles. The molecule has 0 saturated carbocycles. The molecule has 7 heteroatoms. The maximum Gasteiger partial charge on any atom is 0.215 e. The summed E-state index contributed by atoms with van der Waals surface area (Å²) in [4.78, 5) is 0. The van der Waals surface area contributed by atoms with Crippen molar-refractivity contribution in [3.05, 3.63) is 47.5 Å². The second-order valence-electron chi connectivity index (χ2n) is 6.32. The third-order valence-corrected chi connectivity index (χ3v) is 6.64. The molecule has 0 radical (unpaired) electrons. The van der Waals surface area contributed by atoms with Crippen LogP contribution in [0.5, 0.6) is 0 Å². The molecule has 0 aliphatic carbocycles. The predicted octanol–water partition coefficient (Wildman–Crippen LogP) is 1.54. The van der Waals surface area contributed by atoms with Crippen LogP contribution in [-0.4, -0.2) is 39.8 Å². The van der Waals surface area contributed by atoms with Crippen LogP contribution in [0, 0.1) is 0 Å². The average molecular weight is 332 g/mol. The third kappa shape index (κ3) is 2.79. The Balaban J connectivity index is 1.56. The van der Waals surface area contributed by atoms with Crippen molar-refractivity contribution in [2.24, 2.45) is 0 Å². The van der Waals surface area contributed by atoms with Gasteiger partial charge in [0.05, 0.1) is 12.3 Å². The summed E-state index contributed by atoms with van der Waals surface area (Å²) in [5.74, 6) is 1.97. The number of hydrogen-bond donors (Lipinski definition) is 0. The van der Waals surface area contributed by atoms with E-state index in [2.05, 4.69) is 14.8 Å². The Morgan fingerprint density at radius 2 is 1.96 bits per heavy atom. The lowest BCUT2D eigenvalue weighted by molar-refractivity contribution is 0.399. The fourth-order valence-corrected chi connectivity index (χ4v) is 5.24. The minimum absolute atomic E-state index is 0.0324. The quantitative estimate of drug-likeness (QED) is 0.855. The zero-order chi connectivity index (χ0) is 15.9. The first-order valence-corrected chi connectivity index (χ1v) is 9.68. The Labute approximate surface area is 136 Å². The Morgan fingerprint density at radius 1 is 1.13 bits per heavy atom. The second-order valence-corrected chi connectivity index (χ2v) is 8.33. The van der Waals surface area contributed by atoms with Crippen molar-refractivity contribution in [1.82, 2.24) is 19.1 Å². The summed E-state index contributed by atoms with van der Waals surface area (Å²) in [5, 5.41) is 8.45. The van der Waals surface area contributed by atoms with Gasteiger partial charge in [0.2, 0.25) is 10.0 Å². The molecule has 1 atom stereocenters. The zero-order valence-corrected chi connectivity index (χ0v) is 13.7. The van der Waals surface area contributed by atoms with Gasteiger partial charge in [-0.3, -0.25) is 0 Å². The van der Waals surface area contributed by atoms with Gasteiger partial charge in [-0.05, 0) is 18.4 Å². The SMILES string of the molecule is O=S1(=O)C[C@@H](c2ccccc2)CN1Cc1nnc2n1CCCC2. The van der Waals surface area contributed by atoms with E-state index >= 15 is 0 Å². The lowest BCUT2D eigenvalue weighted by Crippen LogP contribution is -2.27. The highest BCUT2D eigenvalue weighted by molar-refractivity contribution is 7.89. The molecule has 0 spiro atoms. The van der Waals surface area contributed by atoms with Crippen molar-refractivity contribution in [3.8, 4) is 0 Å². The number of aryl methyl sites for hydroxylation is 1. The number of aromatic nitrogens is 3. The largest absolute Gasteiger partial charge is 0.314 e. The van der Waals surface area contributed by atoms with E-state index in [9.17, 15) is 8.42 Å². The van der Waals surface area contributed by atoms with Gasteiger partial charge in [-0.2, -0.15) is 4.31 Å². The third-order valence-electron chi connectivity index (χ3n) is 4.75. The van der Waals surface area contributed by atoms with Crippen molar-refractivity contribution >= 4 is 10.0 Å². The van der Waals surface area contributed by atoms with Gasteiger partial charge in [-0.15, -0.1) is 10.2 Å². The molecule has 0 amide bonds. The van der Waals surface area contributed by atoms with Crippen LogP contribution in [0.25, 0.3) is 0 Å². The van der Waals surface area contributed by atoms with Crippen LogP contribution in [0.1, 0.15) is 36.0 Å². The lowest BCUT2D eigenvalue weighted by atomic mass is 10.0. The molecule has 2 aromatic rings. The molecule has 1 fully saturated rings. The van der Waals surface area contributed by atoms with Gasteiger partial charge in [-0.1, -0.05) is 30.3 Å². The summed E-state index contributed by atoms with van der Waals surface area (Å²) in [6, 6.07) is 9.87. The van der Waals surface area contributed by atoms with E-state index < -0.39 is 10.0 Å². The fourth-order valence-electron chi connectivity index (χ4n) is 3.50. The van der Waals surface area contributed by atoms with Gasteiger partial charge >= 0.3 is 0 Å². The molecule has 1 aromatic carbocycles. The predicted molar refractivity (Wildman–Crippen MR) is 86.3 cm³/mol. The van der Waals surface area contributed by atoms with E-state index in [0.717, 1.165) is 43.0 Å². The second kappa shape index (κ2) is 5.72. The molecule has 2 aliphatic rings. The van der Waals surface area contributed by atoms with E-state index in [-0.39, 0.29) is 11.7 Å². The standard InChI is InChI=1S/C16H20N4O2S/c21-23(22)12-14(13-6-2-1-3-7-13)10-19(23)11-16-18-17-15-8-4-5-9-20(15)16/h1-3,6-7,14H,4-5,8-12H2/t14-/m0/s1. The van der Waals surface area contributed by atoms with E-state index in [0.29, 0.717) is 13.1 Å². The van der Waals surface area contributed by atoms with Crippen molar-refractivity contribution < 1.29 is 8.42 Å². The Hall–Kier alpha value is -1.73. The highest BCUT2D eigenvalue weighted by atomic mass is 32.2. The lowest BCUT2D eigenvalue weighted by Gasteiger charge is -2.18. The monoisotopic (exact) mass is 332 g/mol. The summed E-state index contributed by atoms with van der Waals surface area (Å²) in [7, 11) is -3.23. The number of sulfonamides is 1. The Bertz CT molecular complexity index is 801. The number of hydrogen-bond acceptors (Lipinski definition) is 4. The van der Waals surface area contributed by atoms with Crippen LogP contribution in [0.15, 0.2) is 30.3 Å². The van der Waals surface area contributed by atoms with Gasteiger partial charge in [0.1, 0.15) is 11.6 Å². The molecule has 6 nitrogen and oxygen atoms in total. The molecule has 4 rings (SSSR count). The van der Waals surface area contributed by atoms with E-state index in [1.165, 1.54) is 0 Å². The van der Waals surface area contributed by atoms with Crippen LogP contribution in [-0.2, 0) is 29.5 Å². The highest BCUT2D eigenvalue weighted by Crippen LogP contribution is 2.29. The van der Waals surface area contributed by atoms with Gasteiger partial charge in [0.25, 0.3) is 0 Å².